The van der Waals surface area contributed by atoms with Gasteiger partial charge in [0, 0.05) is 5.56 Å². The van der Waals surface area contributed by atoms with Crippen LogP contribution in [0.4, 0.5) is 0 Å². The SMILES string of the molecule is CCOc1c(-c2ccc(OC)cc2)oc2ccccc12. The minimum absolute atomic E-state index is 0.604. The molecule has 0 aliphatic heterocycles. The smallest absolute Gasteiger partial charge is 0.177 e. The summed E-state index contributed by atoms with van der Waals surface area (Å²) >= 11 is 0. The van der Waals surface area contributed by atoms with Gasteiger partial charge in [0.25, 0.3) is 0 Å². The minimum atomic E-state index is 0.604. The summed E-state index contributed by atoms with van der Waals surface area (Å²) < 4.78 is 16.9. The Hall–Kier alpha value is -2.42. The van der Waals surface area contributed by atoms with Gasteiger partial charge in [-0.15, -0.1) is 0 Å². The van der Waals surface area contributed by atoms with E-state index in [4.69, 9.17) is 13.9 Å². The van der Waals surface area contributed by atoms with Crippen LogP contribution >= 0.6 is 0 Å². The summed E-state index contributed by atoms with van der Waals surface area (Å²) in [6.45, 7) is 2.58. The molecule has 20 heavy (non-hydrogen) atoms. The molecule has 102 valence electrons. The lowest BCUT2D eigenvalue weighted by Gasteiger charge is -2.05. The van der Waals surface area contributed by atoms with E-state index in [0.717, 1.165) is 33.8 Å². The molecule has 0 aliphatic rings. The van der Waals surface area contributed by atoms with Gasteiger partial charge in [0.15, 0.2) is 11.5 Å². The van der Waals surface area contributed by atoms with Gasteiger partial charge in [0.2, 0.25) is 0 Å². The second kappa shape index (κ2) is 5.29. The van der Waals surface area contributed by atoms with Crippen molar-refractivity contribution in [3.8, 4) is 22.8 Å². The van der Waals surface area contributed by atoms with E-state index in [1.807, 2.05) is 55.5 Å². The highest BCUT2D eigenvalue weighted by atomic mass is 16.5. The van der Waals surface area contributed by atoms with Crippen molar-refractivity contribution >= 4 is 11.0 Å². The molecule has 0 saturated carbocycles. The Labute approximate surface area is 117 Å². The predicted octanol–water partition coefficient (Wildman–Crippen LogP) is 4.51. The Kier molecular flexibility index (Phi) is 3.33. The van der Waals surface area contributed by atoms with E-state index in [9.17, 15) is 0 Å². The third-order valence-corrected chi connectivity index (χ3v) is 3.19. The minimum Gasteiger partial charge on any atom is -0.497 e. The number of hydrogen-bond donors (Lipinski definition) is 0. The lowest BCUT2D eigenvalue weighted by Crippen LogP contribution is -1.92. The van der Waals surface area contributed by atoms with Crippen molar-refractivity contribution in [2.24, 2.45) is 0 Å². The van der Waals surface area contributed by atoms with Crippen molar-refractivity contribution in [2.75, 3.05) is 13.7 Å². The van der Waals surface area contributed by atoms with Crippen LogP contribution in [0.25, 0.3) is 22.3 Å². The van der Waals surface area contributed by atoms with Crippen LogP contribution in [-0.2, 0) is 0 Å². The van der Waals surface area contributed by atoms with Gasteiger partial charge in [-0.3, -0.25) is 0 Å². The largest absolute Gasteiger partial charge is 0.497 e. The fourth-order valence-electron chi connectivity index (χ4n) is 2.24. The summed E-state index contributed by atoms with van der Waals surface area (Å²) in [6.07, 6.45) is 0. The molecule has 0 spiro atoms. The van der Waals surface area contributed by atoms with Crippen LogP contribution in [0.15, 0.2) is 52.9 Å². The highest BCUT2D eigenvalue weighted by Crippen LogP contribution is 2.40. The number of hydrogen-bond acceptors (Lipinski definition) is 3. The molecule has 0 aliphatic carbocycles. The summed E-state index contributed by atoms with van der Waals surface area (Å²) in [5.41, 5.74) is 1.81. The zero-order valence-electron chi connectivity index (χ0n) is 11.6. The molecule has 1 aromatic heterocycles. The first kappa shape index (κ1) is 12.6. The summed E-state index contributed by atoms with van der Waals surface area (Å²) in [4.78, 5) is 0. The average molecular weight is 268 g/mol. The Morgan fingerprint density at radius 1 is 1.00 bits per heavy atom. The number of para-hydroxylation sites is 1. The van der Waals surface area contributed by atoms with Gasteiger partial charge >= 0.3 is 0 Å². The first-order valence-electron chi connectivity index (χ1n) is 6.62. The van der Waals surface area contributed by atoms with Crippen molar-refractivity contribution < 1.29 is 13.9 Å². The maximum absolute atomic E-state index is 5.95. The number of ether oxygens (including phenoxy) is 2. The zero-order valence-corrected chi connectivity index (χ0v) is 11.6. The van der Waals surface area contributed by atoms with Gasteiger partial charge in [-0.05, 0) is 43.3 Å². The number of fused-ring (bicyclic) bond motifs is 1. The van der Waals surface area contributed by atoms with E-state index in [0.29, 0.717) is 6.61 Å². The summed E-state index contributed by atoms with van der Waals surface area (Å²) in [6, 6.07) is 15.7. The van der Waals surface area contributed by atoms with Gasteiger partial charge in [-0.25, -0.2) is 0 Å². The maximum atomic E-state index is 5.95. The normalized spacial score (nSPS) is 10.7. The van der Waals surface area contributed by atoms with Gasteiger partial charge < -0.3 is 13.9 Å². The van der Waals surface area contributed by atoms with E-state index in [1.54, 1.807) is 7.11 Å². The second-order valence-electron chi connectivity index (χ2n) is 4.42. The van der Waals surface area contributed by atoms with Gasteiger partial charge in [-0.2, -0.15) is 0 Å². The number of benzene rings is 2. The molecule has 2 aromatic carbocycles. The van der Waals surface area contributed by atoms with Crippen LogP contribution in [-0.4, -0.2) is 13.7 Å². The van der Waals surface area contributed by atoms with Crippen LogP contribution in [0.2, 0.25) is 0 Å². The molecule has 3 rings (SSSR count). The monoisotopic (exact) mass is 268 g/mol. The van der Waals surface area contributed by atoms with Crippen LogP contribution in [0, 0.1) is 0 Å². The molecule has 0 fully saturated rings. The first-order chi connectivity index (χ1) is 9.83. The maximum Gasteiger partial charge on any atom is 0.177 e. The molecule has 3 aromatic rings. The number of rotatable bonds is 4. The van der Waals surface area contributed by atoms with Gasteiger partial charge in [-0.1, -0.05) is 12.1 Å². The summed E-state index contributed by atoms with van der Waals surface area (Å²) in [7, 11) is 1.65. The van der Waals surface area contributed by atoms with Gasteiger partial charge in [0.05, 0.1) is 19.1 Å². The third-order valence-electron chi connectivity index (χ3n) is 3.19. The molecular weight excluding hydrogens is 252 g/mol. The average Bonchev–Trinajstić information content (AvgIpc) is 2.87. The van der Waals surface area contributed by atoms with E-state index in [1.165, 1.54) is 0 Å². The molecule has 0 bridgehead atoms. The molecule has 0 saturated heterocycles. The number of methoxy groups -OCH3 is 1. The second-order valence-corrected chi connectivity index (χ2v) is 4.42. The highest BCUT2D eigenvalue weighted by molar-refractivity contribution is 5.91. The molecule has 3 heteroatoms. The van der Waals surface area contributed by atoms with Crippen LogP contribution in [0.1, 0.15) is 6.92 Å². The highest BCUT2D eigenvalue weighted by Gasteiger charge is 2.16. The fourth-order valence-corrected chi connectivity index (χ4v) is 2.24. The van der Waals surface area contributed by atoms with Crippen molar-refractivity contribution in [3.63, 3.8) is 0 Å². The van der Waals surface area contributed by atoms with Crippen LogP contribution < -0.4 is 9.47 Å². The fraction of sp³-hybridized carbons (Fsp3) is 0.176. The van der Waals surface area contributed by atoms with E-state index in [-0.39, 0.29) is 0 Å². The van der Waals surface area contributed by atoms with Crippen molar-refractivity contribution in [3.05, 3.63) is 48.5 Å². The van der Waals surface area contributed by atoms with Crippen LogP contribution in [0.3, 0.4) is 0 Å². The Morgan fingerprint density at radius 3 is 2.45 bits per heavy atom. The first-order valence-corrected chi connectivity index (χ1v) is 6.62. The molecule has 0 amide bonds. The molecular formula is C17H16O3. The molecule has 0 unspecified atom stereocenters. The standard InChI is InChI=1S/C17H16O3/c1-3-19-17-14-6-4-5-7-15(14)20-16(17)12-8-10-13(18-2)11-9-12/h4-11H,3H2,1-2H3. The van der Waals surface area contributed by atoms with E-state index >= 15 is 0 Å². The van der Waals surface area contributed by atoms with Gasteiger partial charge in [0.1, 0.15) is 11.3 Å². The Balaban J connectivity index is 2.15. The molecule has 1 heterocycles. The summed E-state index contributed by atoms with van der Waals surface area (Å²) in [5, 5.41) is 1.00. The molecule has 0 radical (unpaired) electrons. The third kappa shape index (κ3) is 2.11. The predicted molar refractivity (Wildman–Crippen MR) is 79.4 cm³/mol. The zero-order chi connectivity index (χ0) is 13.9. The Bertz CT molecular complexity index is 711. The summed E-state index contributed by atoms with van der Waals surface area (Å²) in [5.74, 6) is 2.38. The molecule has 0 N–H and O–H groups in total. The lowest BCUT2D eigenvalue weighted by atomic mass is 10.1. The molecule has 3 nitrogen and oxygen atoms in total. The Morgan fingerprint density at radius 2 is 1.75 bits per heavy atom. The van der Waals surface area contributed by atoms with Crippen molar-refractivity contribution in [1.29, 1.82) is 0 Å². The van der Waals surface area contributed by atoms with Crippen molar-refractivity contribution in [2.45, 2.75) is 6.92 Å². The molecule has 0 atom stereocenters. The van der Waals surface area contributed by atoms with E-state index < -0.39 is 0 Å². The topological polar surface area (TPSA) is 31.6 Å². The van der Waals surface area contributed by atoms with Crippen LogP contribution in [0.5, 0.6) is 11.5 Å². The number of furan rings is 1. The van der Waals surface area contributed by atoms with E-state index in [2.05, 4.69) is 0 Å². The van der Waals surface area contributed by atoms with Crippen molar-refractivity contribution in [1.82, 2.24) is 0 Å². The lowest BCUT2D eigenvalue weighted by molar-refractivity contribution is 0.341. The quantitative estimate of drug-likeness (QED) is 0.697.